The Bertz CT molecular complexity index is 362. The third-order valence-electron chi connectivity index (χ3n) is 2.30. The van der Waals surface area contributed by atoms with Crippen molar-refractivity contribution in [3.63, 3.8) is 0 Å². The molecule has 0 aliphatic heterocycles. The summed E-state index contributed by atoms with van der Waals surface area (Å²) in [5, 5.41) is 7.22. The molecule has 7 heteroatoms. The number of rotatable bonds is 6. The lowest BCUT2D eigenvalue weighted by Crippen LogP contribution is -2.39. The van der Waals surface area contributed by atoms with Crippen LogP contribution in [0.15, 0.2) is 0 Å². The Morgan fingerprint density at radius 1 is 1.31 bits per heavy atom. The van der Waals surface area contributed by atoms with Crippen LogP contribution >= 0.6 is 0 Å². The highest BCUT2D eigenvalue weighted by molar-refractivity contribution is 7.93. The van der Waals surface area contributed by atoms with E-state index in [9.17, 15) is 18.0 Å². The van der Waals surface area contributed by atoms with Crippen molar-refractivity contribution in [1.82, 2.24) is 4.90 Å². The lowest BCUT2D eigenvalue weighted by atomic mass is 10.3. The van der Waals surface area contributed by atoms with Crippen LogP contribution in [0.4, 0.5) is 0 Å². The van der Waals surface area contributed by atoms with E-state index in [1.165, 1.54) is 18.9 Å². The van der Waals surface area contributed by atoms with Gasteiger partial charge in [0.2, 0.25) is 5.91 Å². The molecule has 0 radical (unpaired) electrons. The van der Waals surface area contributed by atoms with Crippen molar-refractivity contribution in [2.24, 2.45) is 0 Å². The number of hydrogen-bond donors (Lipinski definition) is 1. The maximum absolute atomic E-state index is 11.6. The minimum absolute atomic E-state index is 0.0409. The smallest absolute Gasteiger partial charge is 0.321 e. The summed E-state index contributed by atoms with van der Waals surface area (Å²) in [7, 11) is -2.44. The second-order valence-electron chi connectivity index (χ2n) is 3.45. The van der Waals surface area contributed by atoms with Crippen molar-refractivity contribution < 1.29 is 23.1 Å². The Labute approximate surface area is 95.2 Å². The van der Waals surface area contributed by atoms with Gasteiger partial charge in [-0.05, 0) is 13.3 Å². The first-order valence-corrected chi connectivity index (χ1v) is 6.66. The van der Waals surface area contributed by atoms with Crippen LogP contribution in [0.1, 0.15) is 20.3 Å². The summed E-state index contributed by atoms with van der Waals surface area (Å²) in [5.74, 6) is -2.74. The highest BCUT2D eigenvalue weighted by Gasteiger charge is 2.33. The molecule has 0 aliphatic carbocycles. The zero-order valence-corrected chi connectivity index (χ0v) is 10.5. The Balaban J connectivity index is 4.82. The molecule has 0 aromatic heterocycles. The molecule has 0 heterocycles. The van der Waals surface area contributed by atoms with Gasteiger partial charge in [-0.25, -0.2) is 8.42 Å². The highest BCUT2D eigenvalue weighted by Crippen LogP contribution is 2.08. The number of carboxylic acids is 1. The zero-order chi connectivity index (χ0) is 12.9. The van der Waals surface area contributed by atoms with Gasteiger partial charge in [-0.2, -0.15) is 0 Å². The molecule has 0 aromatic rings. The number of hydrogen-bond acceptors (Lipinski definition) is 4. The van der Waals surface area contributed by atoms with Gasteiger partial charge >= 0.3 is 5.97 Å². The molecule has 1 amide bonds. The molecule has 1 atom stereocenters. The Morgan fingerprint density at radius 3 is 2.12 bits per heavy atom. The van der Waals surface area contributed by atoms with Crippen LogP contribution in [0.3, 0.4) is 0 Å². The van der Waals surface area contributed by atoms with Crippen molar-refractivity contribution in [2.45, 2.75) is 25.5 Å². The van der Waals surface area contributed by atoms with Crippen molar-refractivity contribution in [2.75, 3.05) is 19.3 Å². The first-order chi connectivity index (χ1) is 7.26. The van der Waals surface area contributed by atoms with Crippen LogP contribution in [0, 0.1) is 0 Å². The predicted octanol–water partition coefficient (Wildman–Crippen LogP) is -0.257. The van der Waals surface area contributed by atoms with Crippen molar-refractivity contribution in [3.05, 3.63) is 0 Å². The topological polar surface area (TPSA) is 91.7 Å². The Morgan fingerprint density at radius 2 is 1.81 bits per heavy atom. The van der Waals surface area contributed by atoms with E-state index < -0.39 is 32.7 Å². The standard InChI is InChI=1S/C9H17NO5S/c1-4-7(9(12)13)16(14,15)6-8(11)10(3)5-2/h7H,4-6H2,1-3H3,(H,12,13). The summed E-state index contributed by atoms with van der Waals surface area (Å²) >= 11 is 0. The lowest BCUT2D eigenvalue weighted by Gasteiger charge is -2.16. The van der Waals surface area contributed by atoms with Crippen molar-refractivity contribution in [3.8, 4) is 0 Å². The maximum Gasteiger partial charge on any atom is 0.321 e. The average Bonchev–Trinajstić information content (AvgIpc) is 2.15. The minimum atomic E-state index is -3.92. The van der Waals surface area contributed by atoms with Crippen LogP contribution in [-0.2, 0) is 19.4 Å². The van der Waals surface area contributed by atoms with E-state index in [0.29, 0.717) is 6.54 Å². The van der Waals surface area contributed by atoms with Gasteiger partial charge in [-0.15, -0.1) is 0 Å². The number of sulfone groups is 1. The lowest BCUT2D eigenvalue weighted by molar-refractivity contribution is -0.136. The van der Waals surface area contributed by atoms with Gasteiger partial charge in [0.25, 0.3) is 0 Å². The highest BCUT2D eigenvalue weighted by atomic mass is 32.2. The monoisotopic (exact) mass is 251 g/mol. The van der Waals surface area contributed by atoms with E-state index in [1.54, 1.807) is 6.92 Å². The average molecular weight is 251 g/mol. The summed E-state index contributed by atoms with van der Waals surface area (Å²) in [6.45, 7) is 3.56. The van der Waals surface area contributed by atoms with Crippen molar-refractivity contribution >= 4 is 21.7 Å². The second-order valence-corrected chi connectivity index (χ2v) is 5.63. The third-order valence-corrected chi connectivity index (χ3v) is 4.36. The summed E-state index contributed by atoms with van der Waals surface area (Å²) in [4.78, 5) is 23.3. The van der Waals surface area contributed by atoms with Gasteiger partial charge < -0.3 is 10.0 Å². The van der Waals surface area contributed by atoms with Gasteiger partial charge in [-0.1, -0.05) is 6.92 Å². The molecule has 0 aliphatic rings. The fourth-order valence-corrected chi connectivity index (χ4v) is 2.72. The van der Waals surface area contributed by atoms with E-state index >= 15 is 0 Å². The number of nitrogens with zero attached hydrogens (tertiary/aromatic N) is 1. The van der Waals surface area contributed by atoms with Crippen LogP contribution in [0.5, 0.6) is 0 Å². The van der Waals surface area contributed by atoms with Crippen LogP contribution in [0.25, 0.3) is 0 Å². The molecule has 94 valence electrons. The molecule has 0 rings (SSSR count). The molecular formula is C9H17NO5S. The quantitative estimate of drug-likeness (QED) is 0.702. The molecule has 1 N–H and O–H groups in total. The fraction of sp³-hybridized carbons (Fsp3) is 0.778. The summed E-state index contributed by atoms with van der Waals surface area (Å²) in [6.07, 6.45) is -0.0409. The first-order valence-electron chi connectivity index (χ1n) is 4.94. The molecule has 0 bridgehead atoms. The Kier molecular flexibility index (Phi) is 5.43. The minimum Gasteiger partial charge on any atom is -0.480 e. The SMILES string of the molecule is CCC(C(=O)O)S(=O)(=O)CC(=O)N(C)CC. The Hall–Kier alpha value is -1.11. The largest absolute Gasteiger partial charge is 0.480 e. The maximum atomic E-state index is 11.6. The van der Waals surface area contributed by atoms with Gasteiger partial charge in [0.1, 0.15) is 5.75 Å². The van der Waals surface area contributed by atoms with Gasteiger partial charge in [0.05, 0.1) is 0 Å². The van der Waals surface area contributed by atoms with E-state index in [1.807, 2.05) is 0 Å². The number of amides is 1. The van der Waals surface area contributed by atoms with Crippen LogP contribution in [0.2, 0.25) is 0 Å². The molecule has 6 nitrogen and oxygen atoms in total. The normalized spacial score (nSPS) is 13.2. The van der Waals surface area contributed by atoms with E-state index in [4.69, 9.17) is 5.11 Å². The predicted molar refractivity (Wildman–Crippen MR) is 58.8 cm³/mol. The van der Waals surface area contributed by atoms with Gasteiger partial charge in [-0.3, -0.25) is 9.59 Å². The fourth-order valence-electron chi connectivity index (χ4n) is 1.14. The van der Waals surface area contributed by atoms with E-state index in [0.717, 1.165) is 0 Å². The van der Waals surface area contributed by atoms with Crippen LogP contribution < -0.4 is 0 Å². The summed E-state index contributed by atoms with van der Waals surface area (Å²) in [6, 6.07) is 0. The summed E-state index contributed by atoms with van der Waals surface area (Å²) in [5.41, 5.74) is 0. The van der Waals surface area contributed by atoms with E-state index in [-0.39, 0.29) is 6.42 Å². The number of carboxylic acid groups (broad SMARTS) is 1. The van der Waals surface area contributed by atoms with Crippen molar-refractivity contribution in [1.29, 1.82) is 0 Å². The molecule has 0 spiro atoms. The number of aliphatic carboxylic acids is 1. The first kappa shape index (κ1) is 14.9. The third kappa shape index (κ3) is 3.80. The van der Waals surface area contributed by atoms with Gasteiger partial charge in [0, 0.05) is 13.6 Å². The second kappa shape index (κ2) is 5.83. The summed E-state index contributed by atoms with van der Waals surface area (Å²) < 4.78 is 23.2. The molecule has 0 aromatic carbocycles. The van der Waals surface area contributed by atoms with Crippen LogP contribution in [-0.4, -0.2) is 54.9 Å². The molecule has 16 heavy (non-hydrogen) atoms. The number of carbonyl (C=O) groups is 2. The molecular weight excluding hydrogens is 234 g/mol. The zero-order valence-electron chi connectivity index (χ0n) is 9.63. The molecule has 0 saturated carbocycles. The molecule has 0 saturated heterocycles. The van der Waals surface area contributed by atoms with Gasteiger partial charge in [0.15, 0.2) is 15.1 Å². The molecule has 1 unspecified atom stereocenters. The molecule has 0 fully saturated rings. The van der Waals surface area contributed by atoms with E-state index in [2.05, 4.69) is 0 Å². The number of carbonyl (C=O) groups excluding carboxylic acids is 1.